The highest BCUT2D eigenvalue weighted by Gasteiger charge is 2.41. The van der Waals surface area contributed by atoms with Crippen molar-refractivity contribution in [3.8, 4) is 11.5 Å². The molecule has 1 aliphatic carbocycles. The van der Waals surface area contributed by atoms with E-state index < -0.39 is 11.9 Å². The van der Waals surface area contributed by atoms with E-state index in [2.05, 4.69) is 4.90 Å². The standard InChI is InChI=1S/C21H23Cl2FN2O2/c1-27-19-6-2-5-17(24)21(19)28-20-15-8-12(22)9-16(23)14(15)10-18(20)26-7-3-4-13(25)11-26/h2,5-6,8-9,13,18,20H,3-4,7,10-11,25H2,1H3/t13-,18-,20-/m1/s1. The number of nitrogens with two attached hydrogens (primary N) is 1. The number of para-hydroxylation sites is 1. The van der Waals surface area contributed by atoms with E-state index in [4.69, 9.17) is 38.4 Å². The zero-order chi connectivity index (χ0) is 19.8. The van der Waals surface area contributed by atoms with E-state index in [0.717, 1.165) is 37.1 Å². The number of nitrogens with zero attached hydrogens (tertiary/aromatic N) is 1. The Bertz CT molecular complexity index is 880. The third kappa shape index (κ3) is 3.69. The minimum absolute atomic E-state index is 0.00151. The molecule has 4 nitrogen and oxygen atoms in total. The largest absolute Gasteiger partial charge is 0.493 e. The zero-order valence-corrected chi connectivity index (χ0v) is 17.1. The first-order valence-corrected chi connectivity index (χ1v) is 10.2. The van der Waals surface area contributed by atoms with Gasteiger partial charge in [-0.15, -0.1) is 0 Å². The van der Waals surface area contributed by atoms with Crippen LogP contribution in [0.5, 0.6) is 11.5 Å². The van der Waals surface area contributed by atoms with Crippen LogP contribution >= 0.6 is 23.2 Å². The second-order valence-electron chi connectivity index (χ2n) is 7.43. The fourth-order valence-corrected chi connectivity index (χ4v) is 4.90. The molecular formula is C21H23Cl2FN2O2. The van der Waals surface area contributed by atoms with E-state index in [1.807, 2.05) is 6.07 Å². The Hall–Kier alpha value is -1.53. The molecule has 2 aromatic carbocycles. The molecule has 2 aromatic rings. The Morgan fingerprint density at radius 1 is 1.25 bits per heavy atom. The summed E-state index contributed by atoms with van der Waals surface area (Å²) in [6, 6.07) is 8.38. The Kier molecular flexibility index (Phi) is 5.70. The van der Waals surface area contributed by atoms with Gasteiger partial charge in [-0.3, -0.25) is 4.90 Å². The van der Waals surface area contributed by atoms with Gasteiger partial charge in [0, 0.05) is 28.2 Å². The van der Waals surface area contributed by atoms with Gasteiger partial charge in [0.25, 0.3) is 0 Å². The molecule has 2 aliphatic rings. The lowest BCUT2D eigenvalue weighted by Gasteiger charge is -2.38. The molecule has 28 heavy (non-hydrogen) atoms. The minimum atomic E-state index is -0.463. The SMILES string of the molecule is COc1cccc(F)c1O[C@@H]1c2cc(Cl)cc(Cl)c2C[C@H]1N1CCC[C@@H](N)C1. The lowest BCUT2D eigenvalue weighted by molar-refractivity contribution is 0.0554. The molecule has 1 heterocycles. The highest BCUT2D eigenvalue weighted by atomic mass is 35.5. The Morgan fingerprint density at radius 2 is 2.07 bits per heavy atom. The Balaban J connectivity index is 1.74. The zero-order valence-electron chi connectivity index (χ0n) is 15.6. The van der Waals surface area contributed by atoms with Crippen molar-refractivity contribution in [3.63, 3.8) is 0 Å². The van der Waals surface area contributed by atoms with Crippen molar-refractivity contribution < 1.29 is 13.9 Å². The van der Waals surface area contributed by atoms with Crippen LogP contribution in [0.1, 0.15) is 30.1 Å². The summed E-state index contributed by atoms with van der Waals surface area (Å²) in [5, 5.41) is 1.15. The van der Waals surface area contributed by atoms with Crippen LogP contribution in [-0.2, 0) is 6.42 Å². The third-order valence-corrected chi connectivity index (χ3v) is 6.17. The molecule has 150 valence electrons. The normalized spacial score (nSPS) is 24.8. The van der Waals surface area contributed by atoms with Crippen molar-refractivity contribution in [2.45, 2.75) is 37.5 Å². The summed E-state index contributed by atoms with van der Waals surface area (Å²) >= 11 is 12.8. The highest BCUT2D eigenvalue weighted by Crippen LogP contribution is 2.45. The molecule has 0 spiro atoms. The van der Waals surface area contributed by atoms with E-state index in [0.29, 0.717) is 22.2 Å². The quantitative estimate of drug-likeness (QED) is 0.778. The number of rotatable bonds is 4. The van der Waals surface area contributed by atoms with Crippen molar-refractivity contribution in [3.05, 3.63) is 57.3 Å². The monoisotopic (exact) mass is 424 g/mol. The van der Waals surface area contributed by atoms with Gasteiger partial charge in [-0.05, 0) is 55.6 Å². The Labute approximate surface area is 174 Å². The summed E-state index contributed by atoms with van der Waals surface area (Å²) in [4.78, 5) is 2.33. The van der Waals surface area contributed by atoms with E-state index >= 15 is 0 Å². The molecule has 0 bridgehead atoms. The average molecular weight is 425 g/mol. The summed E-state index contributed by atoms with van der Waals surface area (Å²) in [7, 11) is 1.50. The predicted octanol–water partition coefficient (Wildman–Crippen LogP) is 4.61. The van der Waals surface area contributed by atoms with Crippen LogP contribution < -0.4 is 15.2 Å². The van der Waals surface area contributed by atoms with Crippen LogP contribution in [0.15, 0.2) is 30.3 Å². The minimum Gasteiger partial charge on any atom is -0.493 e. The van der Waals surface area contributed by atoms with E-state index in [-0.39, 0.29) is 17.8 Å². The second-order valence-corrected chi connectivity index (χ2v) is 8.28. The molecule has 0 aromatic heterocycles. The third-order valence-electron chi connectivity index (χ3n) is 5.62. The lowest BCUT2D eigenvalue weighted by Crippen LogP contribution is -2.49. The summed E-state index contributed by atoms with van der Waals surface area (Å²) in [6.45, 7) is 1.70. The van der Waals surface area contributed by atoms with Gasteiger partial charge in [0.1, 0.15) is 6.10 Å². The van der Waals surface area contributed by atoms with Crippen molar-refractivity contribution in [2.24, 2.45) is 5.73 Å². The van der Waals surface area contributed by atoms with E-state index in [9.17, 15) is 4.39 Å². The maximum absolute atomic E-state index is 14.6. The van der Waals surface area contributed by atoms with Crippen LogP contribution in [0.2, 0.25) is 10.0 Å². The molecule has 0 unspecified atom stereocenters. The van der Waals surface area contributed by atoms with Gasteiger partial charge < -0.3 is 15.2 Å². The molecule has 1 saturated heterocycles. The number of likely N-dealkylation sites (tertiary alicyclic amines) is 1. The number of benzene rings is 2. The number of hydrogen-bond donors (Lipinski definition) is 1. The number of piperidine rings is 1. The van der Waals surface area contributed by atoms with Crippen molar-refractivity contribution >= 4 is 23.2 Å². The first kappa shape index (κ1) is 19.8. The molecule has 0 amide bonds. The summed E-state index contributed by atoms with van der Waals surface area (Å²) in [5.41, 5.74) is 8.10. The fourth-order valence-electron chi connectivity index (χ4n) is 4.31. The summed E-state index contributed by atoms with van der Waals surface area (Å²) in [5.74, 6) is -0.00375. The fraction of sp³-hybridized carbons (Fsp3) is 0.429. The van der Waals surface area contributed by atoms with Crippen molar-refractivity contribution in [1.82, 2.24) is 4.90 Å². The first-order valence-electron chi connectivity index (χ1n) is 9.44. The van der Waals surface area contributed by atoms with E-state index in [1.54, 1.807) is 18.2 Å². The molecule has 7 heteroatoms. The molecule has 2 N–H and O–H groups in total. The van der Waals surface area contributed by atoms with Crippen LogP contribution in [0.3, 0.4) is 0 Å². The average Bonchev–Trinajstić information content (AvgIpc) is 3.02. The molecule has 3 atom stereocenters. The summed E-state index contributed by atoms with van der Waals surface area (Å²) < 4.78 is 26.2. The van der Waals surface area contributed by atoms with Gasteiger partial charge in [0.15, 0.2) is 17.3 Å². The number of methoxy groups -OCH3 is 1. The lowest BCUT2D eigenvalue weighted by atomic mass is 10.0. The van der Waals surface area contributed by atoms with Gasteiger partial charge in [-0.2, -0.15) is 0 Å². The maximum Gasteiger partial charge on any atom is 0.197 e. The van der Waals surface area contributed by atoms with Gasteiger partial charge in [0.05, 0.1) is 13.2 Å². The van der Waals surface area contributed by atoms with Gasteiger partial charge in [-0.25, -0.2) is 4.39 Å². The van der Waals surface area contributed by atoms with Gasteiger partial charge >= 0.3 is 0 Å². The van der Waals surface area contributed by atoms with Crippen molar-refractivity contribution in [2.75, 3.05) is 20.2 Å². The molecule has 4 rings (SSSR count). The highest BCUT2D eigenvalue weighted by molar-refractivity contribution is 6.35. The van der Waals surface area contributed by atoms with Crippen LogP contribution in [0.4, 0.5) is 4.39 Å². The number of ether oxygens (including phenoxy) is 2. The molecule has 0 radical (unpaired) electrons. The number of hydrogen-bond acceptors (Lipinski definition) is 4. The van der Waals surface area contributed by atoms with Crippen LogP contribution in [0, 0.1) is 5.82 Å². The van der Waals surface area contributed by atoms with Crippen molar-refractivity contribution in [1.29, 1.82) is 0 Å². The van der Waals surface area contributed by atoms with Crippen LogP contribution in [0.25, 0.3) is 0 Å². The maximum atomic E-state index is 14.6. The number of halogens is 3. The van der Waals surface area contributed by atoms with E-state index in [1.165, 1.54) is 13.2 Å². The first-order chi connectivity index (χ1) is 13.5. The molecule has 0 saturated carbocycles. The molecule has 1 aliphatic heterocycles. The topological polar surface area (TPSA) is 47.7 Å². The Morgan fingerprint density at radius 3 is 2.82 bits per heavy atom. The molecule has 1 fully saturated rings. The smallest absolute Gasteiger partial charge is 0.197 e. The van der Waals surface area contributed by atoms with Gasteiger partial charge in [-0.1, -0.05) is 29.3 Å². The van der Waals surface area contributed by atoms with Crippen LogP contribution in [-0.4, -0.2) is 37.2 Å². The van der Waals surface area contributed by atoms with Gasteiger partial charge in [0.2, 0.25) is 0 Å². The summed E-state index contributed by atoms with van der Waals surface area (Å²) in [6.07, 6.45) is 2.33. The second kappa shape index (κ2) is 8.07. The predicted molar refractivity (Wildman–Crippen MR) is 109 cm³/mol. The number of fused-ring (bicyclic) bond motifs is 1. The molecular weight excluding hydrogens is 402 g/mol.